The van der Waals surface area contributed by atoms with Crippen molar-refractivity contribution >= 4 is 11.6 Å². The fourth-order valence-electron chi connectivity index (χ4n) is 3.51. The number of hydrogen-bond donors (Lipinski definition) is 1. The van der Waals surface area contributed by atoms with Crippen LogP contribution in [0.4, 0.5) is 5.69 Å². The van der Waals surface area contributed by atoms with Gasteiger partial charge in [0.05, 0.1) is 6.54 Å². The molecule has 1 aromatic carbocycles. The van der Waals surface area contributed by atoms with E-state index < -0.39 is 0 Å². The number of aromatic nitrogens is 2. The first kappa shape index (κ1) is 18.3. The molecular weight excluding hydrogens is 328 g/mol. The highest BCUT2D eigenvalue weighted by Crippen LogP contribution is 2.27. The lowest BCUT2D eigenvalue weighted by molar-refractivity contribution is -0.117. The summed E-state index contributed by atoms with van der Waals surface area (Å²) in [5.74, 6) is 0.0703. The first-order chi connectivity index (χ1) is 12.5. The molecule has 26 heavy (non-hydrogen) atoms. The number of nitrogens with one attached hydrogen (secondary N) is 1. The molecule has 2 aromatic rings. The highest BCUT2D eigenvalue weighted by atomic mass is 16.2. The van der Waals surface area contributed by atoms with Gasteiger partial charge >= 0.3 is 5.69 Å². The lowest BCUT2D eigenvalue weighted by atomic mass is 9.99. The normalized spacial score (nSPS) is 13.6. The second-order valence-corrected chi connectivity index (χ2v) is 6.93. The van der Waals surface area contributed by atoms with Crippen molar-refractivity contribution in [3.63, 3.8) is 0 Å². The maximum atomic E-state index is 12.6. The Labute approximate surface area is 153 Å². The van der Waals surface area contributed by atoms with Crippen molar-refractivity contribution in [1.29, 1.82) is 0 Å². The van der Waals surface area contributed by atoms with E-state index in [1.165, 1.54) is 11.1 Å². The Morgan fingerprint density at radius 3 is 2.81 bits per heavy atom. The van der Waals surface area contributed by atoms with Crippen LogP contribution in [0.5, 0.6) is 0 Å². The van der Waals surface area contributed by atoms with E-state index >= 15 is 0 Å². The van der Waals surface area contributed by atoms with Crippen LogP contribution in [0, 0.1) is 20.8 Å². The molecule has 0 atom stereocenters. The van der Waals surface area contributed by atoms with Gasteiger partial charge in [-0.05, 0) is 51.3 Å². The first-order valence-electron chi connectivity index (χ1n) is 9.11. The van der Waals surface area contributed by atoms with Crippen LogP contribution in [0.15, 0.2) is 29.1 Å². The van der Waals surface area contributed by atoms with Gasteiger partial charge in [-0.15, -0.1) is 0 Å². The number of nitrogens with zero attached hydrogens (tertiary/aromatic N) is 3. The van der Waals surface area contributed by atoms with Gasteiger partial charge in [0, 0.05) is 36.7 Å². The van der Waals surface area contributed by atoms with Crippen LogP contribution in [-0.2, 0) is 17.8 Å². The summed E-state index contributed by atoms with van der Waals surface area (Å²) in [7, 11) is 0. The molecule has 1 amide bonds. The van der Waals surface area contributed by atoms with Crippen molar-refractivity contribution in [2.24, 2.45) is 0 Å². The smallest absolute Gasteiger partial charge is 0.311 e. The van der Waals surface area contributed by atoms with Crippen LogP contribution < -0.4 is 15.9 Å². The molecule has 0 spiro atoms. The zero-order valence-corrected chi connectivity index (χ0v) is 15.7. The Kier molecular flexibility index (Phi) is 5.52. The van der Waals surface area contributed by atoms with Gasteiger partial charge in [-0.2, -0.15) is 4.98 Å². The van der Waals surface area contributed by atoms with Crippen molar-refractivity contribution in [3.05, 3.63) is 57.3 Å². The Bertz CT molecular complexity index is 873. The quantitative estimate of drug-likeness (QED) is 0.831. The van der Waals surface area contributed by atoms with Crippen LogP contribution >= 0.6 is 0 Å². The van der Waals surface area contributed by atoms with Crippen LogP contribution in [0.3, 0.4) is 0 Å². The lowest BCUT2D eigenvalue weighted by Crippen LogP contribution is -2.42. The van der Waals surface area contributed by atoms with Crippen molar-refractivity contribution in [2.75, 3.05) is 24.5 Å². The summed E-state index contributed by atoms with van der Waals surface area (Å²) in [5.41, 5.74) is 4.88. The molecule has 3 rings (SSSR count). The molecule has 0 unspecified atom stereocenters. The molecule has 1 N–H and O–H groups in total. The molecule has 0 radical (unpaired) electrons. The summed E-state index contributed by atoms with van der Waals surface area (Å²) >= 11 is 0. The third-order valence-electron chi connectivity index (χ3n) is 4.79. The first-order valence-corrected chi connectivity index (χ1v) is 9.11. The molecule has 2 heterocycles. The van der Waals surface area contributed by atoms with Gasteiger partial charge in [0.1, 0.15) is 0 Å². The molecule has 1 aromatic heterocycles. The van der Waals surface area contributed by atoms with E-state index in [0.29, 0.717) is 13.1 Å². The number of aryl methyl sites for hydroxylation is 4. The van der Waals surface area contributed by atoms with Crippen LogP contribution in [0.2, 0.25) is 0 Å². The summed E-state index contributed by atoms with van der Waals surface area (Å²) in [6.45, 7) is 7.86. The zero-order valence-electron chi connectivity index (χ0n) is 15.7. The molecule has 138 valence electrons. The van der Waals surface area contributed by atoms with Gasteiger partial charge in [-0.25, -0.2) is 4.79 Å². The van der Waals surface area contributed by atoms with E-state index in [1.807, 2.05) is 30.9 Å². The Morgan fingerprint density at radius 1 is 1.23 bits per heavy atom. The molecule has 6 nitrogen and oxygen atoms in total. The van der Waals surface area contributed by atoms with Gasteiger partial charge in [0.2, 0.25) is 5.91 Å². The zero-order chi connectivity index (χ0) is 18.7. The van der Waals surface area contributed by atoms with E-state index in [1.54, 1.807) is 4.57 Å². The third-order valence-corrected chi connectivity index (χ3v) is 4.79. The number of benzene rings is 1. The fraction of sp³-hybridized carbons (Fsp3) is 0.450. The molecule has 6 heteroatoms. The number of hydrogen-bond acceptors (Lipinski definition) is 4. The monoisotopic (exact) mass is 354 g/mol. The predicted molar refractivity (Wildman–Crippen MR) is 103 cm³/mol. The fourth-order valence-corrected chi connectivity index (χ4v) is 3.51. The number of carbonyl (C=O) groups excluding carboxylic acids is 1. The summed E-state index contributed by atoms with van der Waals surface area (Å²) in [6, 6.07) is 8.15. The van der Waals surface area contributed by atoms with E-state index in [9.17, 15) is 9.59 Å². The summed E-state index contributed by atoms with van der Waals surface area (Å²) in [6.07, 6.45) is 2.02. The predicted octanol–water partition coefficient (Wildman–Crippen LogP) is 1.74. The lowest BCUT2D eigenvalue weighted by Gasteiger charge is -2.30. The summed E-state index contributed by atoms with van der Waals surface area (Å²) in [4.78, 5) is 30.4. The molecule has 0 fully saturated rings. The largest absolute Gasteiger partial charge is 0.347 e. The second-order valence-electron chi connectivity index (χ2n) is 6.93. The van der Waals surface area contributed by atoms with E-state index in [-0.39, 0.29) is 18.1 Å². The standard InChI is InChI=1S/C20H26N4O2/c1-14-6-7-18-17(11-14)5-4-9-24(18)19(25)13-21-8-10-23-16(3)12-15(2)22-20(23)26/h6-7,11-12,21H,4-5,8-10,13H2,1-3H3. The summed E-state index contributed by atoms with van der Waals surface area (Å²) in [5, 5.41) is 3.16. The number of fused-ring (bicyclic) bond motifs is 1. The minimum absolute atomic E-state index is 0.0703. The SMILES string of the molecule is Cc1ccc2c(c1)CCCN2C(=O)CNCCn1c(C)cc(C)nc1=O. The average Bonchev–Trinajstić information content (AvgIpc) is 2.59. The van der Waals surface area contributed by atoms with Crippen LogP contribution in [0.25, 0.3) is 0 Å². The van der Waals surface area contributed by atoms with E-state index in [4.69, 9.17) is 0 Å². The minimum atomic E-state index is -0.240. The van der Waals surface area contributed by atoms with Crippen LogP contribution in [-0.4, -0.2) is 35.1 Å². The molecule has 0 saturated heterocycles. The van der Waals surface area contributed by atoms with Gasteiger partial charge in [-0.1, -0.05) is 17.7 Å². The Hall–Kier alpha value is -2.47. The van der Waals surface area contributed by atoms with Gasteiger partial charge in [-0.3, -0.25) is 9.36 Å². The maximum Gasteiger partial charge on any atom is 0.347 e. The topological polar surface area (TPSA) is 67.2 Å². The Balaban J connectivity index is 1.57. The van der Waals surface area contributed by atoms with Gasteiger partial charge < -0.3 is 10.2 Å². The average molecular weight is 354 g/mol. The molecule has 0 aliphatic carbocycles. The number of rotatable bonds is 5. The molecule has 1 aliphatic rings. The van der Waals surface area contributed by atoms with Crippen molar-refractivity contribution < 1.29 is 4.79 Å². The maximum absolute atomic E-state index is 12.6. The number of amides is 1. The minimum Gasteiger partial charge on any atom is -0.311 e. The van der Waals surface area contributed by atoms with Gasteiger partial charge in [0.15, 0.2) is 0 Å². The van der Waals surface area contributed by atoms with Crippen molar-refractivity contribution in [1.82, 2.24) is 14.9 Å². The molecular formula is C20H26N4O2. The van der Waals surface area contributed by atoms with E-state index in [2.05, 4.69) is 29.4 Å². The molecule has 1 aliphatic heterocycles. The highest BCUT2D eigenvalue weighted by Gasteiger charge is 2.21. The van der Waals surface area contributed by atoms with Crippen LogP contribution in [0.1, 0.15) is 28.9 Å². The van der Waals surface area contributed by atoms with Crippen molar-refractivity contribution in [3.8, 4) is 0 Å². The number of carbonyl (C=O) groups is 1. The third kappa shape index (κ3) is 4.02. The van der Waals surface area contributed by atoms with E-state index in [0.717, 1.165) is 36.5 Å². The Morgan fingerprint density at radius 2 is 2.04 bits per heavy atom. The summed E-state index contributed by atoms with van der Waals surface area (Å²) < 4.78 is 1.63. The highest BCUT2D eigenvalue weighted by molar-refractivity contribution is 5.96. The van der Waals surface area contributed by atoms with Crippen molar-refractivity contribution in [2.45, 2.75) is 40.2 Å². The molecule has 0 saturated carbocycles. The second kappa shape index (κ2) is 7.83. The van der Waals surface area contributed by atoms with Gasteiger partial charge in [0.25, 0.3) is 0 Å². The number of anilines is 1. The molecule has 0 bridgehead atoms.